The Labute approximate surface area is 347 Å². The minimum Gasteiger partial charge on any atom is -0.480 e. The van der Waals surface area contributed by atoms with Crippen LogP contribution in [-0.4, -0.2) is 63.8 Å². The maximum Gasteiger partial charge on any atom is 0.326 e. The van der Waals surface area contributed by atoms with E-state index in [1.807, 2.05) is 30.3 Å². The molecule has 1 amide bonds. The summed E-state index contributed by atoms with van der Waals surface area (Å²) in [6, 6.07) is 24.3. The lowest BCUT2D eigenvalue weighted by Crippen LogP contribution is -2.52. The predicted molar refractivity (Wildman–Crippen MR) is 224 cm³/mol. The molecule has 3 heterocycles. The van der Waals surface area contributed by atoms with Crippen molar-refractivity contribution in [1.29, 1.82) is 0 Å². The lowest BCUT2D eigenvalue weighted by Gasteiger charge is -2.24. The molecule has 0 saturated carbocycles. The number of pyridine rings is 2. The molecule has 1 aliphatic heterocycles. The molecule has 3 aromatic carbocycles. The number of nitrogens with zero attached hydrogens (tertiary/aromatic N) is 2. The van der Waals surface area contributed by atoms with Crippen molar-refractivity contribution in [1.82, 2.24) is 25.9 Å². The number of hydrogen-bond donors (Lipinski definition) is 6. The summed E-state index contributed by atoms with van der Waals surface area (Å²) in [4.78, 5) is 32.4. The molecular weight excluding hydrogens is 779 g/mol. The first kappa shape index (κ1) is 40.9. The van der Waals surface area contributed by atoms with Crippen LogP contribution in [0.1, 0.15) is 60.1 Å². The third-order valence-corrected chi connectivity index (χ3v) is 11.4. The molecular formula is C44H46Cl2N6O6. The van der Waals surface area contributed by atoms with Gasteiger partial charge >= 0.3 is 5.97 Å². The van der Waals surface area contributed by atoms with E-state index in [0.29, 0.717) is 30.0 Å². The highest BCUT2D eigenvalue weighted by molar-refractivity contribution is 6.36. The smallest absolute Gasteiger partial charge is 0.326 e. The summed E-state index contributed by atoms with van der Waals surface area (Å²) in [5.41, 5.74) is 7.68. The molecule has 2 aliphatic rings. The van der Waals surface area contributed by atoms with Gasteiger partial charge in [-0.15, -0.1) is 0 Å². The summed E-state index contributed by atoms with van der Waals surface area (Å²) in [6.07, 6.45) is 5.91. The van der Waals surface area contributed by atoms with Crippen LogP contribution in [0.4, 0.5) is 5.69 Å². The summed E-state index contributed by atoms with van der Waals surface area (Å²) in [5, 5.41) is 32.8. The van der Waals surface area contributed by atoms with Crippen LogP contribution in [0.2, 0.25) is 10.0 Å². The van der Waals surface area contributed by atoms with E-state index in [2.05, 4.69) is 62.6 Å². The molecule has 12 nitrogen and oxygen atoms in total. The number of carboxylic acids is 1. The molecule has 0 radical (unpaired) electrons. The molecule has 1 aliphatic carbocycles. The monoisotopic (exact) mass is 824 g/mol. The van der Waals surface area contributed by atoms with Gasteiger partial charge < -0.3 is 35.6 Å². The number of anilines is 1. The van der Waals surface area contributed by atoms with Gasteiger partial charge in [0.2, 0.25) is 17.7 Å². The predicted octanol–water partition coefficient (Wildman–Crippen LogP) is 7.10. The van der Waals surface area contributed by atoms with E-state index in [4.69, 9.17) is 37.7 Å². The average molecular weight is 826 g/mol. The number of amides is 1. The van der Waals surface area contributed by atoms with Crippen LogP contribution in [0.5, 0.6) is 11.8 Å². The highest BCUT2D eigenvalue weighted by Crippen LogP contribution is 2.44. The van der Waals surface area contributed by atoms with E-state index in [9.17, 15) is 19.8 Å². The molecule has 1 saturated heterocycles. The van der Waals surface area contributed by atoms with Crippen molar-refractivity contribution in [2.45, 2.75) is 70.0 Å². The molecule has 58 heavy (non-hydrogen) atoms. The first-order chi connectivity index (χ1) is 28.0. The van der Waals surface area contributed by atoms with Gasteiger partial charge in [-0.1, -0.05) is 83.9 Å². The van der Waals surface area contributed by atoms with Gasteiger partial charge in [-0.3, -0.25) is 19.9 Å². The van der Waals surface area contributed by atoms with Gasteiger partial charge in [0.25, 0.3) is 0 Å². The number of fused-ring (bicyclic) bond motifs is 1. The van der Waals surface area contributed by atoms with Gasteiger partial charge in [0.05, 0.1) is 17.3 Å². The Hall–Kier alpha value is -5.24. The Bertz CT molecular complexity index is 2290. The summed E-state index contributed by atoms with van der Waals surface area (Å²) >= 11 is 14.0. The number of ether oxygens (including phenoxy) is 2. The summed E-state index contributed by atoms with van der Waals surface area (Å²) < 4.78 is 12.7. The topological polar surface area (TPSA) is 167 Å². The van der Waals surface area contributed by atoms with Gasteiger partial charge in [0.1, 0.15) is 23.3 Å². The number of halogens is 2. The van der Waals surface area contributed by atoms with E-state index in [1.165, 1.54) is 6.92 Å². The van der Waals surface area contributed by atoms with Crippen LogP contribution in [-0.2, 0) is 35.7 Å². The van der Waals surface area contributed by atoms with Crippen molar-refractivity contribution < 1.29 is 29.3 Å². The van der Waals surface area contributed by atoms with Crippen molar-refractivity contribution in [3.8, 4) is 34.0 Å². The minimum absolute atomic E-state index is 0.000346. The second-order valence-electron chi connectivity index (χ2n) is 14.8. The Morgan fingerprint density at radius 3 is 2.47 bits per heavy atom. The fraction of sp³-hybridized carbons (Fsp3) is 0.318. The third-order valence-electron chi connectivity index (χ3n) is 10.7. The number of carboxylic acid groups (broad SMARTS) is 1. The quantitative estimate of drug-likeness (QED) is 0.0567. The molecule has 302 valence electrons. The zero-order valence-corrected chi connectivity index (χ0v) is 33.8. The number of carbonyl (C=O) groups is 2. The van der Waals surface area contributed by atoms with E-state index in [-0.39, 0.29) is 48.0 Å². The highest BCUT2D eigenvalue weighted by Gasteiger charge is 2.33. The Morgan fingerprint density at radius 2 is 1.72 bits per heavy atom. The van der Waals surface area contributed by atoms with Crippen molar-refractivity contribution in [3.63, 3.8) is 0 Å². The zero-order chi connectivity index (χ0) is 40.8. The lowest BCUT2D eigenvalue weighted by atomic mass is 9.93. The number of aliphatic carboxylic acids is 1. The first-order valence-electron chi connectivity index (χ1n) is 19.2. The van der Waals surface area contributed by atoms with Crippen LogP contribution in [0, 0.1) is 0 Å². The van der Waals surface area contributed by atoms with Crippen molar-refractivity contribution in [2.24, 2.45) is 0 Å². The maximum absolute atomic E-state index is 11.9. The third kappa shape index (κ3) is 9.22. The van der Waals surface area contributed by atoms with Gasteiger partial charge in [-0.05, 0) is 66.1 Å². The molecule has 2 aromatic heterocycles. The number of hydrogen-bond acceptors (Lipinski definition) is 10. The molecule has 1 unspecified atom stereocenters. The molecule has 14 heteroatoms. The second-order valence-corrected chi connectivity index (χ2v) is 15.6. The molecule has 7 rings (SSSR count). The number of aromatic nitrogens is 2. The Balaban J connectivity index is 1.10. The van der Waals surface area contributed by atoms with E-state index >= 15 is 0 Å². The maximum atomic E-state index is 11.9. The molecule has 0 bridgehead atoms. The zero-order valence-electron chi connectivity index (χ0n) is 32.3. The molecule has 5 aromatic rings. The van der Waals surface area contributed by atoms with Gasteiger partial charge in [-0.2, -0.15) is 4.98 Å². The number of aliphatic hydroxyl groups is 1. The number of aliphatic hydroxyl groups excluding tert-OH is 1. The van der Waals surface area contributed by atoms with Gasteiger partial charge in [0.15, 0.2) is 0 Å². The first-order valence-corrected chi connectivity index (χ1v) is 20.0. The molecule has 3 atom stereocenters. The molecule has 1 fully saturated rings. The van der Waals surface area contributed by atoms with E-state index in [0.717, 1.165) is 69.6 Å². The largest absolute Gasteiger partial charge is 0.480 e. The van der Waals surface area contributed by atoms with Crippen LogP contribution in [0.25, 0.3) is 22.3 Å². The minimum atomic E-state index is -1.60. The number of benzene rings is 3. The Kier molecular flexibility index (Phi) is 12.8. The summed E-state index contributed by atoms with van der Waals surface area (Å²) in [6.45, 7) is 2.34. The lowest BCUT2D eigenvalue weighted by molar-refractivity contribution is -0.146. The highest BCUT2D eigenvalue weighted by atomic mass is 35.5. The Morgan fingerprint density at radius 1 is 0.948 bits per heavy atom. The van der Waals surface area contributed by atoms with Crippen molar-refractivity contribution >= 4 is 40.8 Å². The molecule has 0 spiro atoms. The standard InChI is InChI=1S/C44H46Cl2N6O6/c1-44(25-53,43(55)56)50-21-29-18-37(45)42(52-41(29)57-24-27-17-31(47-2)23-49-20-27)58-38-15-14-34-33(6-4-7-35(34)38)36-8-3-5-32(40(36)46)28-11-9-26(10-12-28)19-48-22-30-13-16-39(54)51-30/h3-12,17-18,20,23,30,38,47-48,50,53H,13-16,19,21-22,24-25H2,1-2H3,(H,51,54)(H,55,56)/t30-,38-,44?/m0/s1. The van der Waals surface area contributed by atoms with E-state index in [1.54, 1.807) is 25.5 Å². The number of rotatable bonds is 17. The summed E-state index contributed by atoms with van der Waals surface area (Å²) in [7, 11) is 1.80. The van der Waals surface area contributed by atoms with Gasteiger partial charge in [-0.25, -0.2) is 0 Å². The van der Waals surface area contributed by atoms with Crippen LogP contribution in [0.15, 0.2) is 85.2 Å². The van der Waals surface area contributed by atoms with Crippen LogP contribution in [0.3, 0.4) is 0 Å². The fourth-order valence-corrected chi connectivity index (χ4v) is 7.84. The van der Waals surface area contributed by atoms with Crippen molar-refractivity contribution in [2.75, 3.05) is 25.5 Å². The number of carbonyl (C=O) groups excluding carboxylic acids is 1. The molecule has 6 N–H and O–H groups in total. The van der Waals surface area contributed by atoms with Crippen molar-refractivity contribution in [3.05, 3.63) is 123 Å². The number of nitrogens with one attached hydrogen (secondary N) is 4. The van der Waals surface area contributed by atoms with Crippen LogP contribution >= 0.6 is 23.2 Å². The SMILES string of the molecule is CNc1cncc(COc2nc(O[C@H]3CCc4c(-c5cccc(-c6ccc(CNC[C@@H]7CCC(=O)N7)cc6)c5Cl)cccc43)c(Cl)cc2CNC(C)(CO)C(=O)O)c1. The average Bonchev–Trinajstić information content (AvgIpc) is 3.85. The van der Waals surface area contributed by atoms with E-state index < -0.39 is 18.1 Å². The van der Waals surface area contributed by atoms with Gasteiger partial charge in [0, 0.05) is 73.8 Å². The van der Waals surface area contributed by atoms with Crippen LogP contribution < -0.4 is 30.7 Å². The fourth-order valence-electron chi connectivity index (χ4n) is 7.28. The second kappa shape index (κ2) is 18.1. The normalized spacial score (nSPS) is 17.0. The summed E-state index contributed by atoms with van der Waals surface area (Å²) in [5.74, 6) is -0.705.